The average Bonchev–Trinajstić information content (AvgIpc) is 2.56. The molecular weight excluding hydrogens is 154 g/mol. The Morgan fingerprint density at radius 2 is 2.42 bits per heavy atom. The van der Waals surface area contributed by atoms with Crippen LogP contribution in [0.2, 0.25) is 0 Å². The third-order valence-corrected chi connectivity index (χ3v) is 2.36. The molecule has 2 rings (SSSR count). The number of nitrogens with zero attached hydrogens (tertiary/aromatic N) is 3. The minimum Gasteiger partial charge on any atom is -0.307 e. The second-order valence-electron chi connectivity index (χ2n) is 3.42. The van der Waals surface area contributed by atoms with Crippen LogP contribution >= 0.6 is 0 Å². The molecule has 12 heavy (non-hydrogen) atoms. The van der Waals surface area contributed by atoms with Crippen molar-refractivity contribution in [2.24, 2.45) is 5.92 Å². The highest BCUT2D eigenvalue weighted by Gasteiger charge is 2.21. The van der Waals surface area contributed by atoms with Crippen LogP contribution in [0.4, 0.5) is 0 Å². The number of aromatic amines is 1. The molecule has 5 heteroatoms. The molecule has 2 N–H and O–H groups in total. The zero-order chi connectivity index (χ0) is 8.39. The predicted molar refractivity (Wildman–Crippen MR) is 43.3 cm³/mol. The maximum Gasteiger partial charge on any atom is 0.165 e. The smallest absolute Gasteiger partial charge is 0.165 e. The lowest BCUT2D eigenvalue weighted by Gasteiger charge is -2.25. The lowest BCUT2D eigenvalue weighted by atomic mass is 9.94. The van der Waals surface area contributed by atoms with E-state index in [2.05, 4.69) is 32.9 Å². The molecule has 1 aliphatic heterocycles. The van der Waals surface area contributed by atoms with Crippen LogP contribution in [0, 0.1) is 5.92 Å². The van der Waals surface area contributed by atoms with Crippen molar-refractivity contribution in [1.29, 1.82) is 0 Å². The predicted octanol–water partition coefficient (Wildman–Crippen LogP) is 0.260. The normalized spacial score (nSPS) is 30.4. The highest BCUT2D eigenvalue weighted by atomic mass is 15.5. The molecule has 0 spiro atoms. The molecule has 1 saturated heterocycles. The lowest BCUT2D eigenvalue weighted by Crippen LogP contribution is -2.31. The number of hydrogen-bond donors (Lipinski definition) is 2. The molecule has 2 heterocycles. The van der Waals surface area contributed by atoms with Crippen LogP contribution in [0.3, 0.4) is 0 Å². The fraction of sp³-hybridized carbons (Fsp3) is 0.857. The Bertz CT molecular complexity index is 232. The van der Waals surface area contributed by atoms with E-state index in [4.69, 9.17) is 0 Å². The summed E-state index contributed by atoms with van der Waals surface area (Å²) in [5.74, 6) is 1.63. The van der Waals surface area contributed by atoms with E-state index in [1.165, 1.54) is 6.42 Å². The first-order chi connectivity index (χ1) is 5.86. The number of aromatic nitrogens is 4. The highest BCUT2D eigenvalue weighted by molar-refractivity contribution is 4.92. The molecule has 1 aromatic rings. The monoisotopic (exact) mass is 167 g/mol. The van der Waals surface area contributed by atoms with Crippen LogP contribution in [0.1, 0.15) is 31.6 Å². The number of tetrazole rings is 1. The van der Waals surface area contributed by atoms with Gasteiger partial charge < -0.3 is 5.32 Å². The molecular formula is C7H13N5. The van der Waals surface area contributed by atoms with E-state index in [1.54, 1.807) is 0 Å². The van der Waals surface area contributed by atoms with Gasteiger partial charge in [0.25, 0.3) is 0 Å². The van der Waals surface area contributed by atoms with Crippen molar-refractivity contribution in [3.8, 4) is 0 Å². The molecule has 0 saturated carbocycles. The molecule has 0 aliphatic carbocycles. The average molecular weight is 167 g/mol. The SMILES string of the molecule is CC1CCN[C@@H](c2nnn[nH]2)C1. The van der Waals surface area contributed by atoms with Gasteiger partial charge in [0, 0.05) is 0 Å². The highest BCUT2D eigenvalue weighted by Crippen LogP contribution is 2.23. The van der Waals surface area contributed by atoms with Crippen molar-refractivity contribution in [2.45, 2.75) is 25.8 Å². The summed E-state index contributed by atoms with van der Waals surface area (Å²) in [6.07, 6.45) is 2.37. The van der Waals surface area contributed by atoms with Gasteiger partial charge in [-0.1, -0.05) is 6.92 Å². The summed E-state index contributed by atoms with van der Waals surface area (Å²) in [4.78, 5) is 0. The zero-order valence-electron chi connectivity index (χ0n) is 7.12. The molecule has 1 unspecified atom stereocenters. The molecule has 1 aromatic heterocycles. The van der Waals surface area contributed by atoms with Crippen molar-refractivity contribution in [3.63, 3.8) is 0 Å². The Morgan fingerprint density at radius 1 is 1.50 bits per heavy atom. The van der Waals surface area contributed by atoms with Gasteiger partial charge in [-0.15, -0.1) is 5.10 Å². The van der Waals surface area contributed by atoms with Gasteiger partial charge in [-0.3, -0.25) is 0 Å². The van der Waals surface area contributed by atoms with E-state index in [1.807, 2.05) is 0 Å². The first-order valence-corrected chi connectivity index (χ1v) is 4.33. The number of rotatable bonds is 1. The quantitative estimate of drug-likeness (QED) is 0.629. The van der Waals surface area contributed by atoms with Crippen LogP contribution in [0.5, 0.6) is 0 Å². The van der Waals surface area contributed by atoms with E-state index >= 15 is 0 Å². The van der Waals surface area contributed by atoms with E-state index in [-0.39, 0.29) is 0 Å². The van der Waals surface area contributed by atoms with Gasteiger partial charge in [0.05, 0.1) is 6.04 Å². The fourth-order valence-electron chi connectivity index (χ4n) is 1.63. The Labute approximate surface area is 70.9 Å². The number of hydrogen-bond acceptors (Lipinski definition) is 4. The van der Waals surface area contributed by atoms with E-state index in [0.717, 1.165) is 24.7 Å². The molecule has 0 amide bonds. The molecule has 1 fully saturated rings. The van der Waals surface area contributed by atoms with Crippen molar-refractivity contribution in [2.75, 3.05) is 6.54 Å². The van der Waals surface area contributed by atoms with E-state index < -0.39 is 0 Å². The first-order valence-electron chi connectivity index (χ1n) is 4.33. The number of piperidine rings is 1. The first kappa shape index (κ1) is 7.67. The third kappa shape index (κ3) is 1.45. The molecule has 0 bridgehead atoms. The fourth-order valence-corrected chi connectivity index (χ4v) is 1.63. The van der Waals surface area contributed by atoms with Crippen molar-refractivity contribution in [1.82, 2.24) is 25.9 Å². The summed E-state index contributed by atoms with van der Waals surface area (Å²) in [5.41, 5.74) is 0. The van der Waals surface area contributed by atoms with Crippen LogP contribution < -0.4 is 5.32 Å². The zero-order valence-corrected chi connectivity index (χ0v) is 7.12. The Kier molecular flexibility index (Phi) is 2.03. The Hall–Kier alpha value is -0.970. The summed E-state index contributed by atoms with van der Waals surface area (Å²) in [7, 11) is 0. The van der Waals surface area contributed by atoms with Gasteiger partial charge in [0.2, 0.25) is 0 Å². The molecule has 0 radical (unpaired) electrons. The summed E-state index contributed by atoms with van der Waals surface area (Å²) in [6, 6.07) is 0.323. The summed E-state index contributed by atoms with van der Waals surface area (Å²) < 4.78 is 0. The lowest BCUT2D eigenvalue weighted by molar-refractivity contribution is 0.316. The number of nitrogens with one attached hydrogen (secondary N) is 2. The van der Waals surface area contributed by atoms with Crippen LogP contribution in [-0.4, -0.2) is 27.2 Å². The maximum absolute atomic E-state index is 3.90. The molecule has 2 atom stereocenters. The molecule has 5 nitrogen and oxygen atoms in total. The minimum atomic E-state index is 0.323. The van der Waals surface area contributed by atoms with Crippen LogP contribution in [0.25, 0.3) is 0 Å². The summed E-state index contributed by atoms with van der Waals surface area (Å²) >= 11 is 0. The van der Waals surface area contributed by atoms with Crippen molar-refractivity contribution >= 4 is 0 Å². The standard InChI is InChI=1S/C7H13N5/c1-5-2-3-8-6(4-5)7-9-11-12-10-7/h5-6,8H,2-4H2,1H3,(H,9,10,11,12)/t5?,6-/m1/s1. The Balaban J connectivity index is 2.04. The minimum absolute atomic E-state index is 0.323. The van der Waals surface area contributed by atoms with E-state index in [9.17, 15) is 0 Å². The van der Waals surface area contributed by atoms with Gasteiger partial charge in [0.15, 0.2) is 5.82 Å². The van der Waals surface area contributed by atoms with Crippen molar-refractivity contribution in [3.05, 3.63) is 5.82 Å². The van der Waals surface area contributed by atoms with Gasteiger partial charge in [-0.05, 0) is 35.7 Å². The van der Waals surface area contributed by atoms with Crippen LogP contribution in [-0.2, 0) is 0 Å². The number of H-pyrrole nitrogens is 1. The van der Waals surface area contributed by atoms with E-state index in [0.29, 0.717) is 6.04 Å². The van der Waals surface area contributed by atoms with Crippen LogP contribution in [0.15, 0.2) is 0 Å². The molecule has 0 aromatic carbocycles. The molecule has 66 valence electrons. The van der Waals surface area contributed by atoms with Gasteiger partial charge in [0.1, 0.15) is 0 Å². The Morgan fingerprint density at radius 3 is 3.08 bits per heavy atom. The second kappa shape index (κ2) is 3.18. The van der Waals surface area contributed by atoms with Gasteiger partial charge in [-0.25, -0.2) is 5.10 Å². The third-order valence-electron chi connectivity index (χ3n) is 2.36. The second-order valence-corrected chi connectivity index (χ2v) is 3.42. The maximum atomic E-state index is 3.90. The molecule has 1 aliphatic rings. The van der Waals surface area contributed by atoms with Gasteiger partial charge in [-0.2, -0.15) is 0 Å². The van der Waals surface area contributed by atoms with Crippen molar-refractivity contribution < 1.29 is 0 Å². The topological polar surface area (TPSA) is 66.5 Å². The van der Waals surface area contributed by atoms with Gasteiger partial charge >= 0.3 is 0 Å². The largest absolute Gasteiger partial charge is 0.307 e. The summed E-state index contributed by atoms with van der Waals surface area (Å²) in [6.45, 7) is 3.32. The summed E-state index contributed by atoms with van der Waals surface area (Å²) in [5, 5.41) is 17.2.